The number of rotatable bonds is 1. The summed E-state index contributed by atoms with van der Waals surface area (Å²) in [6.45, 7) is 6.72. The fourth-order valence-electron chi connectivity index (χ4n) is 2.48. The van der Waals surface area contributed by atoms with Gasteiger partial charge in [-0.1, -0.05) is 42.8 Å². The molecule has 0 aromatic heterocycles. The molecule has 5 heteroatoms. The summed E-state index contributed by atoms with van der Waals surface area (Å²) in [5.41, 5.74) is 2.13. The number of halogens is 1. The van der Waals surface area contributed by atoms with Crippen molar-refractivity contribution >= 4 is 22.1 Å². The third kappa shape index (κ3) is 2.52. The number of benzene rings is 1. The van der Waals surface area contributed by atoms with Crippen LogP contribution in [0.2, 0.25) is 0 Å². The van der Waals surface area contributed by atoms with E-state index in [-0.39, 0.29) is 11.5 Å². The number of carbonyl (C=O) groups is 1. The van der Waals surface area contributed by atoms with Gasteiger partial charge in [0.1, 0.15) is 0 Å². The molecule has 4 nitrogen and oxygen atoms in total. The average molecular weight is 314 g/mol. The van der Waals surface area contributed by atoms with E-state index in [1.807, 2.05) is 18.2 Å². The van der Waals surface area contributed by atoms with Crippen molar-refractivity contribution in [1.82, 2.24) is 5.06 Å². The Morgan fingerprint density at radius 3 is 2.72 bits per heavy atom. The summed E-state index contributed by atoms with van der Waals surface area (Å²) in [5, 5.41) is 10.4. The minimum Gasteiger partial charge on any atom is -0.448 e. The van der Waals surface area contributed by atoms with Gasteiger partial charge in [-0.25, -0.2) is 4.79 Å². The molecule has 1 aromatic rings. The van der Waals surface area contributed by atoms with Gasteiger partial charge in [0.05, 0.1) is 12.6 Å². The molecule has 0 saturated heterocycles. The summed E-state index contributed by atoms with van der Waals surface area (Å²) >= 11 is 3.43. The Balaban J connectivity index is 2.40. The summed E-state index contributed by atoms with van der Waals surface area (Å²) in [4.78, 5) is 15.7. The average Bonchev–Trinajstić information content (AvgIpc) is 2.52. The molecule has 1 atom stereocenters. The number of carboxylic acid groups (broad SMARTS) is 1. The second-order valence-corrected chi connectivity index (χ2v) is 6.46. The molecule has 1 N–H and O–H groups in total. The van der Waals surface area contributed by atoms with E-state index in [1.54, 1.807) is 5.06 Å². The van der Waals surface area contributed by atoms with Crippen molar-refractivity contribution in [3.8, 4) is 0 Å². The predicted molar refractivity (Wildman–Crippen MR) is 71.0 cm³/mol. The van der Waals surface area contributed by atoms with Gasteiger partial charge in [-0.05, 0) is 28.7 Å². The molecule has 0 bridgehead atoms. The SMILES string of the molecule is CC(C)(C)C1c2ccc(Br)cc2CN1OC(=O)O. The highest BCUT2D eigenvalue weighted by Gasteiger charge is 2.40. The summed E-state index contributed by atoms with van der Waals surface area (Å²) in [5.74, 6) is 0. The first-order valence-corrected chi connectivity index (χ1v) is 6.54. The number of hydroxylamine groups is 2. The third-order valence-electron chi connectivity index (χ3n) is 3.03. The van der Waals surface area contributed by atoms with Crippen molar-refractivity contribution in [2.75, 3.05) is 0 Å². The number of hydrogen-bond acceptors (Lipinski definition) is 3. The van der Waals surface area contributed by atoms with Crippen LogP contribution in [0, 0.1) is 5.41 Å². The van der Waals surface area contributed by atoms with Crippen molar-refractivity contribution in [3.63, 3.8) is 0 Å². The lowest BCUT2D eigenvalue weighted by Crippen LogP contribution is -2.33. The smallest absolute Gasteiger partial charge is 0.448 e. The Hall–Kier alpha value is -1.07. The van der Waals surface area contributed by atoms with Crippen molar-refractivity contribution in [2.24, 2.45) is 5.41 Å². The molecule has 2 rings (SSSR count). The number of fused-ring (bicyclic) bond motifs is 1. The van der Waals surface area contributed by atoms with Gasteiger partial charge in [0, 0.05) is 4.47 Å². The van der Waals surface area contributed by atoms with Crippen molar-refractivity contribution < 1.29 is 14.7 Å². The Morgan fingerprint density at radius 2 is 2.17 bits per heavy atom. The molecule has 1 unspecified atom stereocenters. The minimum atomic E-state index is -1.27. The van der Waals surface area contributed by atoms with E-state index >= 15 is 0 Å². The van der Waals surface area contributed by atoms with Gasteiger partial charge in [0.2, 0.25) is 0 Å². The number of nitrogens with zero attached hydrogens (tertiary/aromatic N) is 1. The Labute approximate surface area is 115 Å². The molecule has 0 radical (unpaired) electrons. The van der Waals surface area contributed by atoms with Crippen LogP contribution in [0.4, 0.5) is 4.79 Å². The van der Waals surface area contributed by atoms with Gasteiger partial charge < -0.3 is 9.94 Å². The largest absolute Gasteiger partial charge is 0.525 e. The fraction of sp³-hybridized carbons (Fsp3) is 0.462. The van der Waals surface area contributed by atoms with Crippen molar-refractivity contribution in [3.05, 3.63) is 33.8 Å². The molecule has 0 saturated carbocycles. The predicted octanol–water partition coefficient (Wildman–Crippen LogP) is 3.96. The summed E-state index contributed by atoms with van der Waals surface area (Å²) in [6, 6.07) is 5.96. The lowest BCUT2D eigenvalue weighted by Gasteiger charge is -2.33. The summed E-state index contributed by atoms with van der Waals surface area (Å²) < 4.78 is 0.992. The maximum absolute atomic E-state index is 10.8. The quantitative estimate of drug-likeness (QED) is 0.852. The first-order chi connectivity index (χ1) is 8.29. The van der Waals surface area contributed by atoms with Crippen LogP contribution < -0.4 is 0 Å². The zero-order valence-electron chi connectivity index (χ0n) is 10.6. The molecule has 0 amide bonds. The summed E-state index contributed by atoms with van der Waals surface area (Å²) in [7, 11) is 0. The molecule has 1 aromatic carbocycles. The Morgan fingerprint density at radius 1 is 1.50 bits per heavy atom. The van der Waals surface area contributed by atoms with Crippen molar-refractivity contribution in [2.45, 2.75) is 33.4 Å². The van der Waals surface area contributed by atoms with E-state index in [9.17, 15) is 4.79 Å². The molecule has 1 aliphatic heterocycles. The van der Waals surface area contributed by atoms with Gasteiger partial charge in [-0.15, -0.1) is 5.06 Å². The summed E-state index contributed by atoms with van der Waals surface area (Å²) in [6.07, 6.45) is -1.27. The zero-order chi connectivity index (χ0) is 13.5. The lowest BCUT2D eigenvalue weighted by molar-refractivity contribution is -0.169. The van der Waals surface area contributed by atoms with E-state index in [0.29, 0.717) is 6.54 Å². The molecule has 0 aliphatic carbocycles. The zero-order valence-corrected chi connectivity index (χ0v) is 12.2. The highest BCUT2D eigenvalue weighted by atomic mass is 79.9. The van der Waals surface area contributed by atoms with Crippen LogP contribution in [-0.4, -0.2) is 16.3 Å². The van der Waals surface area contributed by atoms with Crippen LogP contribution in [0.15, 0.2) is 22.7 Å². The van der Waals surface area contributed by atoms with Crippen LogP contribution in [0.3, 0.4) is 0 Å². The second-order valence-electron chi connectivity index (χ2n) is 5.54. The molecule has 18 heavy (non-hydrogen) atoms. The van der Waals surface area contributed by atoms with E-state index in [4.69, 9.17) is 9.94 Å². The van der Waals surface area contributed by atoms with Crippen LogP contribution in [-0.2, 0) is 11.4 Å². The van der Waals surface area contributed by atoms with Crippen LogP contribution >= 0.6 is 15.9 Å². The van der Waals surface area contributed by atoms with E-state index in [2.05, 4.69) is 36.7 Å². The molecular formula is C13H16BrNO3. The minimum absolute atomic E-state index is 0.0586. The molecule has 1 aliphatic rings. The van der Waals surface area contributed by atoms with E-state index in [0.717, 1.165) is 15.6 Å². The standard InChI is InChI=1S/C13H16BrNO3/c1-13(2,3)11-10-5-4-9(14)6-8(10)7-15(11)18-12(16)17/h4-6,11H,7H2,1-3H3,(H,16,17). The maximum Gasteiger partial charge on any atom is 0.525 e. The normalized spacial score (nSPS) is 19.7. The first-order valence-electron chi connectivity index (χ1n) is 5.75. The van der Waals surface area contributed by atoms with Gasteiger partial charge in [0.15, 0.2) is 0 Å². The second kappa shape index (κ2) is 4.55. The molecular weight excluding hydrogens is 298 g/mol. The third-order valence-corrected chi connectivity index (χ3v) is 3.52. The topological polar surface area (TPSA) is 49.8 Å². The molecule has 0 fully saturated rings. The lowest BCUT2D eigenvalue weighted by atomic mass is 9.83. The maximum atomic E-state index is 10.8. The van der Waals surface area contributed by atoms with Gasteiger partial charge in [-0.3, -0.25) is 0 Å². The molecule has 1 heterocycles. The van der Waals surface area contributed by atoms with E-state index in [1.165, 1.54) is 0 Å². The van der Waals surface area contributed by atoms with E-state index < -0.39 is 6.16 Å². The molecule has 0 spiro atoms. The van der Waals surface area contributed by atoms with Crippen LogP contribution in [0.25, 0.3) is 0 Å². The highest BCUT2D eigenvalue weighted by molar-refractivity contribution is 9.10. The first kappa shape index (κ1) is 13.4. The van der Waals surface area contributed by atoms with Crippen LogP contribution in [0.5, 0.6) is 0 Å². The Kier molecular flexibility index (Phi) is 3.38. The van der Waals surface area contributed by atoms with Crippen molar-refractivity contribution in [1.29, 1.82) is 0 Å². The fourth-order valence-corrected chi connectivity index (χ4v) is 2.88. The molecule has 98 valence electrons. The van der Waals surface area contributed by atoms with Gasteiger partial charge >= 0.3 is 6.16 Å². The monoisotopic (exact) mass is 313 g/mol. The van der Waals surface area contributed by atoms with Crippen LogP contribution in [0.1, 0.15) is 37.9 Å². The highest BCUT2D eigenvalue weighted by Crippen LogP contribution is 2.45. The van der Waals surface area contributed by atoms with Gasteiger partial charge in [0.25, 0.3) is 0 Å². The Bertz CT molecular complexity index is 482. The number of hydrogen-bond donors (Lipinski definition) is 1. The van der Waals surface area contributed by atoms with Gasteiger partial charge in [-0.2, -0.15) is 0 Å².